The van der Waals surface area contributed by atoms with Crippen LogP contribution in [-0.4, -0.2) is 22.1 Å². The van der Waals surface area contributed by atoms with E-state index < -0.39 is 10.0 Å². The maximum absolute atomic E-state index is 12.6. The van der Waals surface area contributed by atoms with Crippen LogP contribution in [0, 0.1) is 0 Å². The Kier molecular flexibility index (Phi) is 5.68. The molecule has 23 heavy (non-hydrogen) atoms. The molecule has 0 amide bonds. The quantitative estimate of drug-likeness (QED) is 0.721. The van der Waals surface area contributed by atoms with Gasteiger partial charge < -0.3 is 9.47 Å². The van der Waals surface area contributed by atoms with Crippen LogP contribution in [0.3, 0.4) is 0 Å². The van der Waals surface area contributed by atoms with Crippen LogP contribution in [0.1, 0.15) is 0 Å². The molecule has 0 unspecified atom stereocenters. The van der Waals surface area contributed by atoms with Crippen molar-refractivity contribution in [3.8, 4) is 11.5 Å². The lowest BCUT2D eigenvalue weighted by molar-refractivity contribution is 0.363. The minimum atomic E-state index is -3.80. The number of benzene rings is 2. The van der Waals surface area contributed by atoms with Crippen molar-refractivity contribution in [1.82, 2.24) is 0 Å². The lowest BCUT2D eigenvalue weighted by Gasteiger charge is -2.13. The van der Waals surface area contributed by atoms with Gasteiger partial charge in [0.1, 0.15) is 23.0 Å². The van der Waals surface area contributed by atoms with Crippen molar-refractivity contribution >= 4 is 31.6 Å². The number of nitrogens with one attached hydrogen (secondary N) is 1. The van der Waals surface area contributed by atoms with Crippen LogP contribution < -0.4 is 14.2 Å². The Labute approximate surface area is 144 Å². The third-order valence-corrected chi connectivity index (χ3v) is 4.77. The third-order valence-electron chi connectivity index (χ3n) is 2.87. The number of hydrogen-bond acceptors (Lipinski definition) is 4. The first-order valence-electron chi connectivity index (χ1n) is 6.66. The summed E-state index contributed by atoms with van der Waals surface area (Å²) in [6.45, 7) is 3.91. The van der Waals surface area contributed by atoms with Gasteiger partial charge in [0.05, 0.1) is 12.8 Å². The molecule has 5 nitrogen and oxygen atoms in total. The van der Waals surface area contributed by atoms with Crippen LogP contribution in [-0.2, 0) is 10.0 Å². The first-order valence-corrected chi connectivity index (χ1v) is 8.94. The van der Waals surface area contributed by atoms with Gasteiger partial charge in [-0.3, -0.25) is 4.72 Å². The second-order valence-corrected chi connectivity index (χ2v) is 7.09. The van der Waals surface area contributed by atoms with Crippen molar-refractivity contribution in [3.05, 3.63) is 59.6 Å². The zero-order valence-corrected chi connectivity index (χ0v) is 14.9. The molecule has 2 rings (SSSR count). The van der Waals surface area contributed by atoms with Gasteiger partial charge in [-0.25, -0.2) is 8.42 Å². The number of sulfonamides is 1. The van der Waals surface area contributed by atoms with Gasteiger partial charge >= 0.3 is 0 Å². The van der Waals surface area contributed by atoms with Gasteiger partial charge in [-0.05, 0) is 30.3 Å². The van der Waals surface area contributed by atoms with Crippen LogP contribution in [0.25, 0.3) is 0 Å². The smallest absolute Gasteiger partial charge is 0.265 e. The van der Waals surface area contributed by atoms with Gasteiger partial charge in [0.2, 0.25) is 0 Å². The predicted molar refractivity (Wildman–Crippen MR) is 93.6 cm³/mol. The molecule has 0 aliphatic rings. The van der Waals surface area contributed by atoms with E-state index in [1.165, 1.54) is 13.2 Å². The highest BCUT2D eigenvalue weighted by molar-refractivity contribution is 9.10. The number of ether oxygens (including phenoxy) is 2. The van der Waals surface area contributed by atoms with E-state index in [0.29, 0.717) is 22.5 Å². The summed E-state index contributed by atoms with van der Waals surface area (Å²) in [4.78, 5) is 0.0480. The molecule has 7 heteroatoms. The van der Waals surface area contributed by atoms with E-state index in [1.54, 1.807) is 42.5 Å². The van der Waals surface area contributed by atoms with E-state index in [-0.39, 0.29) is 10.6 Å². The van der Waals surface area contributed by atoms with E-state index in [1.807, 2.05) is 0 Å². The summed E-state index contributed by atoms with van der Waals surface area (Å²) >= 11 is 3.27. The second-order valence-electron chi connectivity index (χ2n) is 4.53. The van der Waals surface area contributed by atoms with E-state index in [0.717, 1.165) is 0 Å². The van der Waals surface area contributed by atoms with Gasteiger partial charge in [-0.15, -0.1) is 0 Å². The highest BCUT2D eigenvalue weighted by Gasteiger charge is 2.20. The minimum Gasteiger partial charge on any atom is -0.495 e. The topological polar surface area (TPSA) is 64.6 Å². The third kappa shape index (κ3) is 4.49. The lowest BCUT2D eigenvalue weighted by atomic mass is 10.3. The highest BCUT2D eigenvalue weighted by Crippen LogP contribution is 2.29. The Bertz CT molecular complexity index is 805. The standard InChI is InChI=1S/C16H16BrNO4S/c1-3-9-22-14-6-4-5-13(11-14)18-23(19,20)16-10-12(17)7-8-15(16)21-2/h3-8,10-11,18H,1,9H2,2H3. The number of methoxy groups -OCH3 is 1. The van der Waals surface area contributed by atoms with Crippen molar-refractivity contribution in [2.24, 2.45) is 0 Å². The molecule has 0 fully saturated rings. The van der Waals surface area contributed by atoms with Crippen molar-refractivity contribution in [2.45, 2.75) is 4.90 Å². The molecule has 1 N–H and O–H groups in total. The van der Waals surface area contributed by atoms with Gasteiger partial charge in [0, 0.05) is 10.5 Å². The minimum absolute atomic E-state index is 0.0480. The number of halogens is 1. The van der Waals surface area contributed by atoms with Gasteiger partial charge in [-0.2, -0.15) is 0 Å². The fourth-order valence-electron chi connectivity index (χ4n) is 1.88. The summed E-state index contributed by atoms with van der Waals surface area (Å²) in [5.41, 5.74) is 0.397. The average molecular weight is 398 g/mol. The molecule has 0 spiro atoms. The van der Waals surface area contributed by atoms with Crippen LogP contribution in [0.2, 0.25) is 0 Å². The van der Waals surface area contributed by atoms with E-state index in [2.05, 4.69) is 27.2 Å². The molecule has 0 aliphatic carbocycles. The largest absolute Gasteiger partial charge is 0.495 e. The zero-order chi connectivity index (χ0) is 16.9. The SMILES string of the molecule is C=CCOc1cccc(NS(=O)(=O)c2cc(Br)ccc2OC)c1. The molecule has 0 bridgehead atoms. The molecule has 122 valence electrons. The van der Waals surface area contributed by atoms with Crippen molar-refractivity contribution in [2.75, 3.05) is 18.4 Å². The Morgan fingerprint density at radius 3 is 2.74 bits per heavy atom. The molecule has 0 heterocycles. The van der Waals surface area contributed by atoms with Crippen LogP contribution in [0.4, 0.5) is 5.69 Å². The summed E-state index contributed by atoms with van der Waals surface area (Å²) in [5.74, 6) is 0.811. The Hall–Kier alpha value is -1.99. The fraction of sp³-hybridized carbons (Fsp3) is 0.125. The molecule has 2 aromatic rings. The summed E-state index contributed by atoms with van der Waals surface area (Å²) in [6.07, 6.45) is 1.61. The monoisotopic (exact) mass is 397 g/mol. The van der Waals surface area contributed by atoms with E-state index >= 15 is 0 Å². The van der Waals surface area contributed by atoms with Crippen LogP contribution in [0.5, 0.6) is 11.5 Å². The van der Waals surface area contributed by atoms with Gasteiger partial charge in [0.25, 0.3) is 10.0 Å². The predicted octanol–water partition coefficient (Wildman–Crippen LogP) is 3.82. The molecular formula is C16H16BrNO4S. The lowest BCUT2D eigenvalue weighted by Crippen LogP contribution is -2.14. The van der Waals surface area contributed by atoms with Gasteiger partial charge in [0.15, 0.2) is 0 Å². The molecule has 0 aliphatic heterocycles. The molecule has 0 saturated carbocycles. The normalized spacial score (nSPS) is 10.9. The zero-order valence-electron chi connectivity index (χ0n) is 12.5. The number of anilines is 1. The van der Waals surface area contributed by atoms with Crippen LogP contribution >= 0.6 is 15.9 Å². The van der Waals surface area contributed by atoms with Crippen LogP contribution in [0.15, 0.2) is 64.5 Å². The van der Waals surface area contributed by atoms with E-state index in [4.69, 9.17) is 9.47 Å². The molecular weight excluding hydrogens is 382 g/mol. The van der Waals surface area contributed by atoms with E-state index in [9.17, 15) is 8.42 Å². The summed E-state index contributed by atoms with van der Waals surface area (Å²) in [7, 11) is -2.37. The summed E-state index contributed by atoms with van der Waals surface area (Å²) in [5, 5.41) is 0. The Morgan fingerprint density at radius 1 is 1.26 bits per heavy atom. The summed E-state index contributed by atoms with van der Waals surface area (Å²) < 4.78 is 38.9. The van der Waals surface area contributed by atoms with Crippen molar-refractivity contribution in [1.29, 1.82) is 0 Å². The fourth-order valence-corrected chi connectivity index (χ4v) is 3.63. The van der Waals surface area contributed by atoms with Gasteiger partial charge in [-0.1, -0.05) is 34.7 Å². The Morgan fingerprint density at radius 2 is 2.04 bits per heavy atom. The highest BCUT2D eigenvalue weighted by atomic mass is 79.9. The average Bonchev–Trinajstić information content (AvgIpc) is 2.53. The molecule has 0 radical (unpaired) electrons. The number of hydrogen-bond donors (Lipinski definition) is 1. The first kappa shape index (κ1) is 17.4. The molecule has 0 atom stereocenters. The summed E-state index contributed by atoms with van der Waals surface area (Å²) in [6, 6.07) is 11.5. The second kappa shape index (κ2) is 7.52. The molecule has 0 aromatic heterocycles. The van der Waals surface area contributed by atoms with Crippen molar-refractivity contribution in [3.63, 3.8) is 0 Å². The molecule has 2 aromatic carbocycles. The van der Waals surface area contributed by atoms with Crippen molar-refractivity contribution < 1.29 is 17.9 Å². The first-order chi connectivity index (χ1) is 11.0. The molecule has 0 saturated heterocycles. The maximum atomic E-state index is 12.6. The number of rotatable bonds is 7. The Balaban J connectivity index is 2.31. The maximum Gasteiger partial charge on any atom is 0.265 e.